The van der Waals surface area contributed by atoms with Crippen molar-refractivity contribution in [2.45, 2.75) is 20.4 Å². The molecule has 6 nitrogen and oxygen atoms in total. The molecule has 0 aliphatic carbocycles. The Morgan fingerprint density at radius 1 is 0.800 bits per heavy atom. The van der Waals surface area contributed by atoms with Crippen molar-refractivity contribution in [2.75, 3.05) is 37.6 Å². The lowest BCUT2D eigenvalue weighted by Gasteiger charge is -2.29. The molecule has 6 heteroatoms. The van der Waals surface area contributed by atoms with Crippen molar-refractivity contribution in [1.29, 1.82) is 5.26 Å². The first-order valence-electron chi connectivity index (χ1n) is 12.0. The van der Waals surface area contributed by atoms with E-state index < -0.39 is 0 Å². The van der Waals surface area contributed by atoms with E-state index in [1.807, 2.05) is 60.7 Å². The van der Waals surface area contributed by atoms with Crippen molar-refractivity contribution in [2.24, 2.45) is 0 Å². The normalized spacial score (nSPS) is 10.6. The van der Waals surface area contributed by atoms with Crippen LogP contribution in [0.1, 0.15) is 35.3 Å². The molecule has 0 N–H and O–H groups in total. The number of carbonyl (C=O) groups excluding carboxylic acids is 2. The van der Waals surface area contributed by atoms with Gasteiger partial charge < -0.3 is 14.7 Å². The average Bonchev–Trinajstić information content (AvgIpc) is 2.92. The summed E-state index contributed by atoms with van der Waals surface area (Å²) in [5.74, 6) is -0.371. The number of para-hydroxylation sites is 1. The largest absolute Gasteiger partial charge is 0.328 e. The molecule has 0 bridgehead atoms. The van der Waals surface area contributed by atoms with Crippen LogP contribution in [0.2, 0.25) is 0 Å². The fraction of sp³-hybridized carbons (Fsp3) is 0.276. The number of amides is 2. The third-order valence-corrected chi connectivity index (χ3v) is 6.01. The molecule has 35 heavy (non-hydrogen) atoms. The zero-order valence-electron chi connectivity index (χ0n) is 20.4. The Kier molecular flexibility index (Phi) is 9.58. The standard InChI is InChI=1S/C29H32N4O2/c1-3-31(4-2)19-20-32(29(35)26-17-15-24(21-30)16-18-26)23-28(34)33(27-13-9-6-10-14-27)22-25-11-7-5-8-12-25/h5-18H,3-4,19-20,22-23H2,1-2H3. The lowest BCUT2D eigenvalue weighted by molar-refractivity contribution is -0.119. The Morgan fingerprint density at radius 2 is 1.40 bits per heavy atom. The zero-order chi connectivity index (χ0) is 25.0. The first-order chi connectivity index (χ1) is 17.0. The van der Waals surface area contributed by atoms with Gasteiger partial charge in [-0.1, -0.05) is 62.4 Å². The molecule has 3 rings (SSSR count). The third kappa shape index (κ3) is 7.26. The van der Waals surface area contributed by atoms with Gasteiger partial charge in [-0.25, -0.2) is 0 Å². The summed E-state index contributed by atoms with van der Waals surface area (Å²) in [5, 5.41) is 9.08. The molecule has 0 heterocycles. The molecule has 0 spiro atoms. The van der Waals surface area contributed by atoms with E-state index in [1.54, 1.807) is 34.1 Å². The number of nitriles is 1. The van der Waals surface area contributed by atoms with Crippen LogP contribution in [-0.2, 0) is 11.3 Å². The van der Waals surface area contributed by atoms with Gasteiger partial charge in [-0.05, 0) is 55.1 Å². The lowest BCUT2D eigenvalue weighted by Crippen LogP contribution is -2.45. The summed E-state index contributed by atoms with van der Waals surface area (Å²) in [4.78, 5) is 32.7. The lowest BCUT2D eigenvalue weighted by atomic mass is 10.1. The summed E-state index contributed by atoms with van der Waals surface area (Å²) >= 11 is 0. The Bertz CT molecular complexity index is 1120. The molecule has 0 aromatic heterocycles. The van der Waals surface area contributed by atoms with Crippen LogP contribution in [0.3, 0.4) is 0 Å². The minimum Gasteiger partial charge on any atom is -0.328 e. The molecule has 2 amide bonds. The van der Waals surface area contributed by atoms with Crippen LogP contribution in [0, 0.1) is 11.3 Å². The van der Waals surface area contributed by atoms with E-state index in [2.05, 4.69) is 24.8 Å². The number of hydrogen-bond donors (Lipinski definition) is 0. The van der Waals surface area contributed by atoms with Gasteiger partial charge in [0.2, 0.25) is 5.91 Å². The van der Waals surface area contributed by atoms with Gasteiger partial charge in [-0.15, -0.1) is 0 Å². The predicted molar refractivity (Wildman–Crippen MR) is 139 cm³/mol. The summed E-state index contributed by atoms with van der Waals surface area (Å²) in [6, 6.07) is 28.0. The minimum atomic E-state index is -0.220. The highest BCUT2D eigenvalue weighted by Gasteiger charge is 2.24. The highest BCUT2D eigenvalue weighted by Crippen LogP contribution is 2.18. The van der Waals surface area contributed by atoms with Gasteiger partial charge in [0.05, 0.1) is 18.2 Å². The van der Waals surface area contributed by atoms with E-state index in [9.17, 15) is 9.59 Å². The summed E-state index contributed by atoms with van der Waals surface area (Å²) in [7, 11) is 0. The number of likely N-dealkylation sites (N-methyl/N-ethyl adjacent to an activating group) is 1. The molecule has 0 fully saturated rings. The SMILES string of the molecule is CCN(CC)CCN(CC(=O)N(Cc1ccccc1)c1ccccc1)C(=O)c1ccc(C#N)cc1. The van der Waals surface area contributed by atoms with Gasteiger partial charge in [-0.3, -0.25) is 9.59 Å². The molecule has 0 saturated heterocycles. The van der Waals surface area contributed by atoms with Gasteiger partial charge in [0, 0.05) is 24.3 Å². The first kappa shape index (κ1) is 25.7. The van der Waals surface area contributed by atoms with E-state index in [-0.39, 0.29) is 18.4 Å². The van der Waals surface area contributed by atoms with E-state index >= 15 is 0 Å². The van der Waals surface area contributed by atoms with Gasteiger partial charge in [0.1, 0.15) is 6.54 Å². The maximum Gasteiger partial charge on any atom is 0.254 e. The second-order valence-corrected chi connectivity index (χ2v) is 8.24. The fourth-order valence-electron chi connectivity index (χ4n) is 3.87. The van der Waals surface area contributed by atoms with Crippen LogP contribution in [0.5, 0.6) is 0 Å². The van der Waals surface area contributed by atoms with E-state index in [4.69, 9.17) is 5.26 Å². The average molecular weight is 469 g/mol. The van der Waals surface area contributed by atoms with Gasteiger partial charge in [0.15, 0.2) is 0 Å². The van der Waals surface area contributed by atoms with Crippen molar-refractivity contribution < 1.29 is 9.59 Å². The number of nitrogens with zero attached hydrogens (tertiary/aromatic N) is 4. The van der Waals surface area contributed by atoms with Crippen molar-refractivity contribution in [3.63, 3.8) is 0 Å². The molecule has 0 unspecified atom stereocenters. The van der Waals surface area contributed by atoms with E-state index in [0.717, 1.165) is 24.3 Å². The molecule has 0 atom stereocenters. The van der Waals surface area contributed by atoms with Crippen molar-refractivity contribution >= 4 is 17.5 Å². The highest BCUT2D eigenvalue weighted by molar-refractivity contribution is 6.00. The van der Waals surface area contributed by atoms with Crippen LogP contribution in [0.4, 0.5) is 5.69 Å². The predicted octanol–water partition coefficient (Wildman–Crippen LogP) is 4.58. The molecule has 3 aromatic rings. The van der Waals surface area contributed by atoms with Crippen LogP contribution in [0.15, 0.2) is 84.9 Å². The summed E-state index contributed by atoms with van der Waals surface area (Å²) in [6.45, 7) is 7.38. The van der Waals surface area contributed by atoms with Gasteiger partial charge in [-0.2, -0.15) is 5.26 Å². The number of anilines is 1. The Balaban J connectivity index is 1.86. The Hall–Kier alpha value is -3.95. The molecule has 0 saturated carbocycles. The molecule has 3 aromatic carbocycles. The number of rotatable bonds is 11. The Morgan fingerprint density at radius 3 is 1.97 bits per heavy atom. The van der Waals surface area contributed by atoms with Crippen LogP contribution < -0.4 is 4.90 Å². The number of hydrogen-bond acceptors (Lipinski definition) is 4. The molecule has 0 aliphatic heterocycles. The van der Waals surface area contributed by atoms with Gasteiger partial charge >= 0.3 is 0 Å². The van der Waals surface area contributed by atoms with Crippen LogP contribution in [-0.4, -0.2) is 54.3 Å². The first-order valence-corrected chi connectivity index (χ1v) is 12.0. The Labute approximate surface area is 208 Å². The second-order valence-electron chi connectivity index (χ2n) is 8.24. The van der Waals surface area contributed by atoms with E-state index in [0.29, 0.717) is 30.8 Å². The summed E-state index contributed by atoms with van der Waals surface area (Å²) in [6.07, 6.45) is 0. The van der Waals surface area contributed by atoms with Crippen molar-refractivity contribution in [3.8, 4) is 6.07 Å². The molecule has 0 aliphatic rings. The van der Waals surface area contributed by atoms with Crippen LogP contribution in [0.25, 0.3) is 0 Å². The van der Waals surface area contributed by atoms with Gasteiger partial charge in [0.25, 0.3) is 5.91 Å². The molecular weight excluding hydrogens is 436 g/mol. The minimum absolute atomic E-state index is 0.0399. The summed E-state index contributed by atoms with van der Waals surface area (Å²) < 4.78 is 0. The maximum absolute atomic E-state index is 13.7. The number of benzene rings is 3. The molecular formula is C29H32N4O2. The van der Waals surface area contributed by atoms with E-state index in [1.165, 1.54) is 0 Å². The third-order valence-electron chi connectivity index (χ3n) is 6.01. The monoisotopic (exact) mass is 468 g/mol. The van der Waals surface area contributed by atoms with Crippen molar-refractivity contribution in [3.05, 3.63) is 102 Å². The topological polar surface area (TPSA) is 67.7 Å². The molecule has 0 radical (unpaired) electrons. The summed E-state index contributed by atoms with van der Waals surface area (Å²) in [5.41, 5.74) is 2.75. The quantitative estimate of drug-likeness (QED) is 0.413. The zero-order valence-corrected chi connectivity index (χ0v) is 20.4. The second kappa shape index (κ2) is 13.1. The molecule has 180 valence electrons. The van der Waals surface area contributed by atoms with Crippen molar-refractivity contribution in [1.82, 2.24) is 9.80 Å². The smallest absolute Gasteiger partial charge is 0.254 e. The number of carbonyl (C=O) groups is 2. The highest BCUT2D eigenvalue weighted by atomic mass is 16.2. The fourth-order valence-corrected chi connectivity index (χ4v) is 3.87. The van der Waals surface area contributed by atoms with Crippen LogP contribution >= 0.6 is 0 Å². The maximum atomic E-state index is 13.7.